The fourth-order valence-electron chi connectivity index (χ4n) is 3.68. The Kier molecular flexibility index (Phi) is 7.76. The first kappa shape index (κ1) is 25.9. The lowest BCUT2D eigenvalue weighted by Gasteiger charge is -2.10. The summed E-state index contributed by atoms with van der Waals surface area (Å²) in [5.74, 6) is -0.868. The minimum Gasteiger partial charge on any atom is -0.459 e. The highest BCUT2D eigenvalue weighted by Gasteiger charge is 2.26. The van der Waals surface area contributed by atoms with E-state index >= 15 is 0 Å². The highest BCUT2D eigenvalue weighted by Crippen LogP contribution is 2.36. The number of fused-ring (bicyclic) bond motifs is 1. The van der Waals surface area contributed by atoms with Crippen molar-refractivity contribution in [3.8, 4) is 11.4 Å². The van der Waals surface area contributed by atoms with Gasteiger partial charge in [-0.15, -0.1) is 32.9 Å². The Hall–Kier alpha value is -3.22. The third-order valence-electron chi connectivity index (χ3n) is 5.26. The zero-order chi connectivity index (χ0) is 26.0. The molecule has 0 unspecified atom stereocenters. The van der Waals surface area contributed by atoms with Crippen LogP contribution in [0.15, 0.2) is 34.8 Å². The van der Waals surface area contributed by atoms with E-state index in [-0.39, 0.29) is 33.2 Å². The number of nitrogens with one attached hydrogen (secondary N) is 1. The van der Waals surface area contributed by atoms with Crippen LogP contribution < -0.4 is 11.1 Å². The van der Waals surface area contributed by atoms with Crippen LogP contribution in [0.3, 0.4) is 0 Å². The number of thiophene rings is 2. The van der Waals surface area contributed by atoms with Gasteiger partial charge in [-0.25, -0.2) is 4.79 Å². The van der Waals surface area contributed by atoms with Crippen LogP contribution in [0.2, 0.25) is 0 Å². The third-order valence-corrected chi connectivity index (χ3v) is 8.41. The Bertz CT molecular complexity index is 1450. The molecule has 9 nitrogen and oxygen atoms in total. The fraction of sp³-hybridized carbons (Fsp3) is 0.292. The number of thioether (sulfide) groups is 1. The molecule has 1 aromatic carbocycles. The first-order valence-corrected chi connectivity index (χ1v) is 13.9. The predicted octanol–water partition coefficient (Wildman–Crippen LogP) is 4.94. The summed E-state index contributed by atoms with van der Waals surface area (Å²) in [7, 11) is 0. The maximum absolute atomic E-state index is 12.8. The zero-order valence-electron chi connectivity index (χ0n) is 20.2. The van der Waals surface area contributed by atoms with E-state index in [0.717, 1.165) is 28.1 Å². The molecule has 3 heterocycles. The van der Waals surface area contributed by atoms with Crippen LogP contribution >= 0.6 is 34.4 Å². The van der Waals surface area contributed by atoms with Gasteiger partial charge in [0.1, 0.15) is 5.00 Å². The van der Waals surface area contributed by atoms with Gasteiger partial charge in [0, 0.05) is 27.6 Å². The smallest absolute Gasteiger partial charge is 0.341 e. The maximum atomic E-state index is 12.8. The van der Waals surface area contributed by atoms with Gasteiger partial charge in [0.25, 0.3) is 5.91 Å². The van der Waals surface area contributed by atoms with Crippen LogP contribution in [0, 0.1) is 6.92 Å². The van der Waals surface area contributed by atoms with Gasteiger partial charge in [-0.1, -0.05) is 30.0 Å². The summed E-state index contributed by atoms with van der Waals surface area (Å²) in [4.78, 5) is 37.5. The molecule has 3 aromatic heterocycles. The number of carbonyl (C=O) groups is 3. The van der Waals surface area contributed by atoms with E-state index < -0.39 is 11.9 Å². The molecule has 0 saturated carbocycles. The van der Waals surface area contributed by atoms with Crippen molar-refractivity contribution in [1.82, 2.24) is 14.8 Å². The lowest BCUT2D eigenvalue weighted by molar-refractivity contribution is -0.113. The molecule has 0 bridgehead atoms. The number of esters is 1. The van der Waals surface area contributed by atoms with Crippen molar-refractivity contribution >= 4 is 67.3 Å². The monoisotopic (exact) mass is 543 g/mol. The largest absolute Gasteiger partial charge is 0.459 e. The van der Waals surface area contributed by atoms with Gasteiger partial charge in [0.05, 0.1) is 22.3 Å². The molecule has 188 valence electrons. The Morgan fingerprint density at radius 3 is 2.67 bits per heavy atom. The van der Waals surface area contributed by atoms with Gasteiger partial charge >= 0.3 is 5.97 Å². The molecule has 0 aliphatic heterocycles. The Balaban J connectivity index is 1.53. The molecule has 12 heteroatoms. The first-order chi connectivity index (χ1) is 17.2. The summed E-state index contributed by atoms with van der Waals surface area (Å²) >= 11 is 3.85. The summed E-state index contributed by atoms with van der Waals surface area (Å²) in [6, 6.07) is 8.12. The summed E-state index contributed by atoms with van der Waals surface area (Å²) in [5.41, 5.74) is 6.99. The Morgan fingerprint density at radius 1 is 1.22 bits per heavy atom. The van der Waals surface area contributed by atoms with Crippen molar-refractivity contribution in [2.45, 2.75) is 45.5 Å². The molecule has 4 rings (SSSR count). The van der Waals surface area contributed by atoms with E-state index in [1.54, 1.807) is 32.1 Å². The minimum absolute atomic E-state index is 0.0318. The van der Waals surface area contributed by atoms with E-state index in [9.17, 15) is 14.4 Å². The number of nitrogens with zero attached hydrogens (tertiary/aromatic N) is 3. The summed E-state index contributed by atoms with van der Waals surface area (Å²) in [6.45, 7) is 7.68. The Labute approximate surface area is 220 Å². The van der Waals surface area contributed by atoms with Gasteiger partial charge in [0.2, 0.25) is 5.91 Å². The van der Waals surface area contributed by atoms with Gasteiger partial charge < -0.3 is 20.4 Å². The molecule has 4 aromatic rings. The van der Waals surface area contributed by atoms with Gasteiger partial charge in [0.15, 0.2) is 11.0 Å². The van der Waals surface area contributed by atoms with E-state index in [4.69, 9.17) is 10.5 Å². The average molecular weight is 544 g/mol. The second-order valence-electron chi connectivity index (χ2n) is 8.11. The Morgan fingerprint density at radius 2 is 1.97 bits per heavy atom. The van der Waals surface area contributed by atoms with Crippen LogP contribution in [0.25, 0.3) is 21.5 Å². The number of primary amides is 1. The molecule has 0 aliphatic rings. The molecule has 36 heavy (non-hydrogen) atoms. The van der Waals surface area contributed by atoms with E-state index in [1.807, 2.05) is 23.6 Å². The molecule has 0 saturated heterocycles. The zero-order valence-corrected chi connectivity index (χ0v) is 22.6. The van der Waals surface area contributed by atoms with E-state index in [0.29, 0.717) is 17.3 Å². The van der Waals surface area contributed by atoms with Crippen molar-refractivity contribution in [3.63, 3.8) is 0 Å². The molecule has 2 amide bonds. The van der Waals surface area contributed by atoms with Crippen LogP contribution in [-0.4, -0.2) is 44.4 Å². The van der Waals surface area contributed by atoms with E-state index in [1.165, 1.54) is 16.5 Å². The molecule has 0 radical (unpaired) electrons. The summed E-state index contributed by atoms with van der Waals surface area (Å²) in [6.07, 6.45) is -0.358. The van der Waals surface area contributed by atoms with Crippen molar-refractivity contribution in [2.24, 2.45) is 5.73 Å². The molecule has 0 atom stereocenters. The number of ether oxygens (including phenoxy) is 1. The molecule has 3 N–H and O–H groups in total. The number of amides is 2. The van der Waals surface area contributed by atoms with Crippen molar-refractivity contribution in [1.29, 1.82) is 0 Å². The lowest BCUT2D eigenvalue weighted by Crippen LogP contribution is -2.18. The van der Waals surface area contributed by atoms with Crippen LogP contribution in [0.4, 0.5) is 5.00 Å². The second-order valence-corrected chi connectivity index (χ2v) is 11.0. The quantitative estimate of drug-likeness (QED) is 0.226. The van der Waals surface area contributed by atoms with Crippen molar-refractivity contribution in [3.05, 3.63) is 45.6 Å². The summed E-state index contributed by atoms with van der Waals surface area (Å²) < 4.78 is 8.44. The number of hydrogen-bond acceptors (Lipinski definition) is 9. The fourth-order valence-corrected chi connectivity index (χ4v) is 6.48. The average Bonchev–Trinajstić information content (AvgIpc) is 3.51. The molecule has 0 aliphatic carbocycles. The van der Waals surface area contributed by atoms with Crippen molar-refractivity contribution < 1.29 is 19.1 Å². The van der Waals surface area contributed by atoms with E-state index in [2.05, 4.69) is 33.0 Å². The normalized spacial score (nSPS) is 11.2. The van der Waals surface area contributed by atoms with Crippen LogP contribution in [0.1, 0.15) is 46.4 Å². The van der Waals surface area contributed by atoms with Gasteiger partial charge in [-0.3, -0.25) is 9.59 Å². The van der Waals surface area contributed by atoms with Crippen LogP contribution in [0.5, 0.6) is 0 Å². The third kappa shape index (κ3) is 5.15. The number of aromatic nitrogens is 3. The van der Waals surface area contributed by atoms with Crippen LogP contribution in [-0.2, 0) is 16.1 Å². The molecular weight excluding hydrogens is 518 g/mol. The number of benzene rings is 1. The van der Waals surface area contributed by atoms with Gasteiger partial charge in [-0.05, 0) is 39.3 Å². The second kappa shape index (κ2) is 10.8. The SMILES string of the molecule is CCn1c(SCC(=O)Nc2sc(C(N)=O)c(C)c2C(=O)OC(C)C)nnc1-c1csc2ccccc12. The number of nitrogens with two attached hydrogens (primary N) is 1. The predicted molar refractivity (Wildman–Crippen MR) is 144 cm³/mol. The lowest BCUT2D eigenvalue weighted by atomic mass is 10.1. The molecular formula is C24H25N5O4S3. The molecule has 0 spiro atoms. The maximum Gasteiger partial charge on any atom is 0.341 e. The molecule has 0 fully saturated rings. The minimum atomic E-state index is -0.671. The topological polar surface area (TPSA) is 129 Å². The number of carbonyl (C=O) groups excluding carboxylic acids is 3. The highest BCUT2D eigenvalue weighted by molar-refractivity contribution is 7.99. The highest BCUT2D eigenvalue weighted by atomic mass is 32.2. The summed E-state index contributed by atoms with van der Waals surface area (Å²) in [5, 5.41) is 15.5. The van der Waals surface area contributed by atoms with Gasteiger partial charge in [-0.2, -0.15) is 0 Å². The number of hydrogen-bond donors (Lipinski definition) is 2. The number of rotatable bonds is 9. The first-order valence-electron chi connectivity index (χ1n) is 11.2. The number of anilines is 1. The standard InChI is InChI=1S/C24H25N5O4S3/c1-5-29-21(15-10-34-16-9-7-6-8-14(15)16)27-28-24(29)35-11-17(30)26-22-18(23(32)33-12(2)3)13(4)19(36-22)20(25)31/h6-10,12H,5,11H2,1-4H3,(H2,25,31)(H,26,30). The van der Waals surface area contributed by atoms with Crippen molar-refractivity contribution in [2.75, 3.05) is 11.1 Å².